The van der Waals surface area contributed by atoms with E-state index in [1.165, 1.54) is 7.11 Å². The largest absolute Gasteiger partial charge is 0.493 e. The first kappa shape index (κ1) is 13.3. The quantitative estimate of drug-likeness (QED) is 0.766. The highest BCUT2D eigenvalue weighted by Gasteiger charge is 2.17. The first-order valence-electron chi connectivity index (χ1n) is 5.23. The van der Waals surface area contributed by atoms with Crippen LogP contribution in [0, 0.1) is 11.3 Å². The van der Waals surface area contributed by atoms with Gasteiger partial charge in [-0.25, -0.2) is 0 Å². The summed E-state index contributed by atoms with van der Waals surface area (Å²) in [7, 11) is 3.08. The van der Waals surface area contributed by atoms with E-state index in [9.17, 15) is 0 Å². The summed E-state index contributed by atoms with van der Waals surface area (Å²) in [6.45, 7) is 0.322. The van der Waals surface area contributed by atoms with Gasteiger partial charge in [0.15, 0.2) is 11.5 Å². The highest BCUT2D eigenvalue weighted by atomic mass is 16.5. The number of nitrogens with one attached hydrogen (secondary N) is 1. The van der Waals surface area contributed by atoms with Gasteiger partial charge in [0.1, 0.15) is 6.04 Å². The van der Waals surface area contributed by atoms with Crippen molar-refractivity contribution < 1.29 is 14.6 Å². The molecule has 0 radical (unpaired) electrons. The lowest BCUT2D eigenvalue weighted by atomic mass is 10.1. The number of hydrogen-bond donors (Lipinski definition) is 2. The molecule has 0 bridgehead atoms. The van der Waals surface area contributed by atoms with Crippen LogP contribution in [0.5, 0.6) is 11.5 Å². The summed E-state index contributed by atoms with van der Waals surface area (Å²) in [5.74, 6) is 1.11. The topological polar surface area (TPSA) is 74.5 Å². The fraction of sp³-hybridized carbons (Fsp3) is 0.417. The van der Waals surface area contributed by atoms with Gasteiger partial charge in [-0.3, -0.25) is 5.32 Å². The van der Waals surface area contributed by atoms with Gasteiger partial charge < -0.3 is 14.6 Å². The normalized spacial score (nSPS) is 11.6. The SMILES string of the molecule is COc1cccc(C(C#N)NCCO)c1OC. The van der Waals surface area contributed by atoms with E-state index in [0.717, 1.165) is 0 Å². The number of aliphatic hydroxyl groups is 1. The lowest BCUT2D eigenvalue weighted by Gasteiger charge is -2.16. The van der Waals surface area contributed by atoms with Gasteiger partial charge in [0.2, 0.25) is 0 Å². The van der Waals surface area contributed by atoms with E-state index >= 15 is 0 Å². The van der Waals surface area contributed by atoms with Gasteiger partial charge >= 0.3 is 0 Å². The average molecular weight is 236 g/mol. The molecular formula is C12H16N2O3. The van der Waals surface area contributed by atoms with Crippen LogP contribution in [0.1, 0.15) is 11.6 Å². The zero-order chi connectivity index (χ0) is 12.7. The minimum absolute atomic E-state index is 0.0233. The maximum Gasteiger partial charge on any atom is 0.166 e. The van der Waals surface area contributed by atoms with E-state index < -0.39 is 6.04 Å². The predicted molar refractivity (Wildman–Crippen MR) is 63.0 cm³/mol. The Kier molecular flexibility index (Phi) is 5.27. The Hall–Kier alpha value is -1.77. The number of hydrogen-bond acceptors (Lipinski definition) is 5. The third-order valence-electron chi connectivity index (χ3n) is 2.33. The lowest BCUT2D eigenvalue weighted by Crippen LogP contribution is -2.23. The van der Waals surface area contributed by atoms with Gasteiger partial charge in [0, 0.05) is 12.1 Å². The molecule has 0 heterocycles. The number of benzene rings is 1. The number of para-hydroxylation sites is 1. The van der Waals surface area contributed by atoms with Crippen LogP contribution in [0.2, 0.25) is 0 Å². The van der Waals surface area contributed by atoms with Crippen molar-refractivity contribution in [2.45, 2.75) is 6.04 Å². The molecule has 0 aliphatic carbocycles. The fourth-order valence-corrected chi connectivity index (χ4v) is 1.57. The summed E-state index contributed by atoms with van der Waals surface area (Å²) in [6, 6.07) is 6.94. The Morgan fingerprint density at radius 1 is 1.41 bits per heavy atom. The second-order valence-corrected chi connectivity index (χ2v) is 3.32. The molecule has 0 saturated heterocycles. The molecule has 0 aliphatic heterocycles. The molecule has 5 nitrogen and oxygen atoms in total. The molecule has 1 unspecified atom stereocenters. The molecule has 17 heavy (non-hydrogen) atoms. The van der Waals surface area contributed by atoms with Crippen LogP contribution >= 0.6 is 0 Å². The number of methoxy groups -OCH3 is 2. The summed E-state index contributed by atoms with van der Waals surface area (Å²) >= 11 is 0. The number of rotatable bonds is 6. The molecule has 1 atom stereocenters. The van der Waals surface area contributed by atoms with E-state index in [-0.39, 0.29) is 6.61 Å². The van der Waals surface area contributed by atoms with Crippen LogP contribution in [0.25, 0.3) is 0 Å². The first-order chi connectivity index (χ1) is 8.28. The number of nitrogens with zero attached hydrogens (tertiary/aromatic N) is 1. The Balaban J connectivity index is 3.06. The summed E-state index contributed by atoms with van der Waals surface area (Å²) < 4.78 is 10.4. The molecule has 5 heteroatoms. The third kappa shape index (κ3) is 3.09. The number of aliphatic hydroxyl groups excluding tert-OH is 1. The molecule has 1 aromatic rings. The predicted octanol–water partition coefficient (Wildman–Crippen LogP) is 0.850. The van der Waals surface area contributed by atoms with Crippen LogP contribution in [0.4, 0.5) is 0 Å². The van der Waals surface area contributed by atoms with Gasteiger partial charge in [0.05, 0.1) is 26.9 Å². The summed E-state index contributed by atoms with van der Waals surface area (Å²) in [4.78, 5) is 0. The standard InChI is InChI=1S/C12H16N2O3/c1-16-11-5-3-4-9(12(11)17-2)10(8-13)14-6-7-15/h3-5,10,14-15H,6-7H2,1-2H3. The van der Waals surface area contributed by atoms with Crippen LogP contribution in [0.15, 0.2) is 18.2 Å². The molecular weight excluding hydrogens is 220 g/mol. The molecule has 0 fully saturated rings. The Morgan fingerprint density at radius 2 is 2.18 bits per heavy atom. The maximum absolute atomic E-state index is 9.10. The fourth-order valence-electron chi connectivity index (χ4n) is 1.57. The van der Waals surface area contributed by atoms with E-state index in [1.54, 1.807) is 25.3 Å². The summed E-state index contributed by atoms with van der Waals surface area (Å²) in [5, 5.41) is 20.8. The molecule has 0 aliphatic rings. The molecule has 0 aromatic heterocycles. The molecule has 1 aromatic carbocycles. The lowest BCUT2D eigenvalue weighted by molar-refractivity contribution is 0.288. The van der Waals surface area contributed by atoms with Crippen LogP contribution in [-0.2, 0) is 0 Å². The second-order valence-electron chi connectivity index (χ2n) is 3.32. The van der Waals surface area contributed by atoms with Gasteiger partial charge in [-0.2, -0.15) is 5.26 Å². The monoisotopic (exact) mass is 236 g/mol. The number of ether oxygens (including phenoxy) is 2. The average Bonchev–Trinajstić information content (AvgIpc) is 2.39. The maximum atomic E-state index is 9.10. The van der Waals surface area contributed by atoms with Crippen molar-refractivity contribution in [3.05, 3.63) is 23.8 Å². The second kappa shape index (κ2) is 6.74. The van der Waals surface area contributed by atoms with Crippen molar-refractivity contribution in [2.75, 3.05) is 27.4 Å². The van der Waals surface area contributed by atoms with Gasteiger partial charge in [0.25, 0.3) is 0 Å². The van der Waals surface area contributed by atoms with Crippen molar-refractivity contribution in [1.82, 2.24) is 5.32 Å². The van der Waals surface area contributed by atoms with Crippen molar-refractivity contribution in [2.24, 2.45) is 0 Å². The highest BCUT2D eigenvalue weighted by Crippen LogP contribution is 2.34. The van der Waals surface area contributed by atoms with Crippen molar-refractivity contribution >= 4 is 0 Å². The highest BCUT2D eigenvalue weighted by molar-refractivity contribution is 5.49. The van der Waals surface area contributed by atoms with E-state index in [1.807, 2.05) is 0 Å². The van der Waals surface area contributed by atoms with Crippen molar-refractivity contribution in [3.8, 4) is 17.6 Å². The van der Waals surface area contributed by atoms with Gasteiger partial charge in [-0.15, -0.1) is 0 Å². The Bertz CT molecular complexity index is 401. The van der Waals surface area contributed by atoms with E-state index in [0.29, 0.717) is 23.6 Å². The van der Waals surface area contributed by atoms with Crippen LogP contribution in [-0.4, -0.2) is 32.5 Å². The summed E-state index contributed by atoms with van der Waals surface area (Å²) in [6.07, 6.45) is 0. The Morgan fingerprint density at radius 3 is 2.71 bits per heavy atom. The minimum atomic E-state index is -0.535. The molecule has 0 spiro atoms. The first-order valence-corrected chi connectivity index (χ1v) is 5.23. The van der Waals surface area contributed by atoms with Crippen LogP contribution in [0.3, 0.4) is 0 Å². The van der Waals surface area contributed by atoms with Crippen molar-refractivity contribution in [1.29, 1.82) is 5.26 Å². The Labute approximate surface area is 101 Å². The van der Waals surface area contributed by atoms with E-state index in [4.69, 9.17) is 19.8 Å². The van der Waals surface area contributed by atoms with Crippen LogP contribution < -0.4 is 14.8 Å². The van der Waals surface area contributed by atoms with Gasteiger partial charge in [-0.1, -0.05) is 12.1 Å². The molecule has 0 amide bonds. The molecule has 92 valence electrons. The molecule has 2 N–H and O–H groups in total. The van der Waals surface area contributed by atoms with Crippen molar-refractivity contribution in [3.63, 3.8) is 0 Å². The third-order valence-corrected chi connectivity index (χ3v) is 2.33. The number of nitriles is 1. The smallest absolute Gasteiger partial charge is 0.166 e. The summed E-state index contributed by atoms with van der Waals surface area (Å²) in [5.41, 5.74) is 0.697. The van der Waals surface area contributed by atoms with E-state index in [2.05, 4.69) is 11.4 Å². The van der Waals surface area contributed by atoms with Gasteiger partial charge in [-0.05, 0) is 6.07 Å². The molecule has 0 saturated carbocycles. The minimum Gasteiger partial charge on any atom is -0.493 e. The zero-order valence-electron chi connectivity index (χ0n) is 9.93. The zero-order valence-corrected chi connectivity index (χ0v) is 9.93. The molecule has 1 rings (SSSR count).